The lowest BCUT2D eigenvalue weighted by Gasteiger charge is -2.13. The number of rotatable bonds is 3. The number of benzene rings is 3. The molecule has 0 unspecified atom stereocenters. The Morgan fingerprint density at radius 1 is 0.852 bits per heavy atom. The fraction of sp³-hybridized carbons (Fsp3) is 0.0870. The third-order valence-electron chi connectivity index (χ3n) is 4.57. The summed E-state index contributed by atoms with van der Waals surface area (Å²) in [5, 5.41) is 12.5. The van der Waals surface area contributed by atoms with Crippen molar-refractivity contribution in [2.45, 2.75) is 13.8 Å². The third kappa shape index (κ3) is 3.29. The number of hydrogen-bond donors (Lipinski definition) is 1. The van der Waals surface area contributed by atoms with Crippen LogP contribution in [0.1, 0.15) is 21.5 Å². The second-order valence-corrected chi connectivity index (χ2v) is 6.58. The van der Waals surface area contributed by atoms with Gasteiger partial charge in [-0.3, -0.25) is 4.79 Å². The Balaban J connectivity index is 1.87. The highest BCUT2D eigenvalue weighted by atomic mass is 16.1. The van der Waals surface area contributed by atoms with Gasteiger partial charge in [0.15, 0.2) is 0 Å². The molecule has 0 aliphatic carbocycles. The van der Waals surface area contributed by atoms with Crippen LogP contribution >= 0.6 is 0 Å². The van der Waals surface area contributed by atoms with Gasteiger partial charge < -0.3 is 5.32 Å². The van der Waals surface area contributed by atoms with Gasteiger partial charge in [-0.05, 0) is 31.5 Å². The Labute approximate surface area is 157 Å². The van der Waals surface area contributed by atoms with Crippen LogP contribution in [-0.2, 0) is 0 Å². The highest BCUT2D eigenvalue weighted by molar-refractivity contribution is 6.16. The number of nitrogens with zero attached hydrogens (tertiary/aromatic N) is 2. The Morgan fingerprint density at radius 3 is 2.37 bits per heavy atom. The van der Waals surface area contributed by atoms with Crippen LogP contribution in [-0.4, -0.2) is 16.1 Å². The van der Waals surface area contributed by atoms with Crippen molar-refractivity contribution < 1.29 is 4.79 Å². The molecule has 1 aromatic heterocycles. The monoisotopic (exact) mass is 353 g/mol. The number of aryl methyl sites for hydroxylation is 2. The summed E-state index contributed by atoms with van der Waals surface area (Å²) in [5.74, 6) is -0.188. The summed E-state index contributed by atoms with van der Waals surface area (Å²) in [6.45, 7) is 4.02. The van der Waals surface area contributed by atoms with Crippen molar-refractivity contribution in [3.05, 3.63) is 89.5 Å². The smallest absolute Gasteiger partial charge is 0.258 e. The van der Waals surface area contributed by atoms with Crippen molar-refractivity contribution in [1.29, 1.82) is 0 Å². The van der Waals surface area contributed by atoms with E-state index in [0.29, 0.717) is 16.8 Å². The first-order valence-electron chi connectivity index (χ1n) is 8.83. The lowest BCUT2D eigenvalue weighted by atomic mass is 10.0. The first kappa shape index (κ1) is 16.9. The molecule has 4 nitrogen and oxygen atoms in total. The molecule has 132 valence electrons. The molecule has 0 saturated heterocycles. The van der Waals surface area contributed by atoms with Crippen LogP contribution in [0.25, 0.3) is 22.2 Å². The average molecular weight is 353 g/mol. The van der Waals surface area contributed by atoms with Gasteiger partial charge in [-0.25, -0.2) is 0 Å². The molecule has 0 aliphatic rings. The largest absolute Gasteiger partial charge is 0.322 e. The van der Waals surface area contributed by atoms with Gasteiger partial charge in [-0.15, -0.1) is 10.2 Å². The van der Waals surface area contributed by atoms with E-state index in [1.807, 2.05) is 80.6 Å². The molecule has 4 aromatic rings. The molecule has 4 heteroatoms. The summed E-state index contributed by atoms with van der Waals surface area (Å²) >= 11 is 0. The number of amides is 1. The van der Waals surface area contributed by atoms with Crippen LogP contribution in [0.4, 0.5) is 5.69 Å². The Kier molecular flexibility index (Phi) is 4.38. The quantitative estimate of drug-likeness (QED) is 0.553. The Hall–Kier alpha value is -3.53. The van der Waals surface area contributed by atoms with Gasteiger partial charge in [0.05, 0.1) is 11.1 Å². The van der Waals surface area contributed by atoms with Crippen molar-refractivity contribution in [2.75, 3.05) is 5.32 Å². The second-order valence-electron chi connectivity index (χ2n) is 6.58. The van der Waals surface area contributed by atoms with Gasteiger partial charge in [0.1, 0.15) is 5.69 Å². The number of carbonyl (C=O) groups excluding carboxylic acids is 1. The van der Waals surface area contributed by atoms with E-state index in [4.69, 9.17) is 0 Å². The topological polar surface area (TPSA) is 54.9 Å². The number of carbonyl (C=O) groups is 1. The summed E-state index contributed by atoms with van der Waals surface area (Å²) < 4.78 is 0. The maximum absolute atomic E-state index is 13.3. The van der Waals surface area contributed by atoms with Gasteiger partial charge in [0.25, 0.3) is 5.91 Å². The van der Waals surface area contributed by atoms with E-state index in [0.717, 1.165) is 27.8 Å². The highest BCUT2D eigenvalue weighted by Gasteiger charge is 2.19. The summed E-state index contributed by atoms with van der Waals surface area (Å²) in [4.78, 5) is 13.3. The highest BCUT2D eigenvalue weighted by Crippen LogP contribution is 2.28. The van der Waals surface area contributed by atoms with E-state index in [1.54, 1.807) is 0 Å². The first-order valence-corrected chi connectivity index (χ1v) is 8.83. The minimum atomic E-state index is -0.188. The van der Waals surface area contributed by atoms with Crippen LogP contribution in [0, 0.1) is 13.8 Å². The molecule has 0 fully saturated rings. The molecule has 1 amide bonds. The minimum absolute atomic E-state index is 0.188. The molecule has 27 heavy (non-hydrogen) atoms. The molecule has 4 rings (SSSR count). The zero-order valence-electron chi connectivity index (χ0n) is 15.2. The van der Waals surface area contributed by atoms with Gasteiger partial charge in [-0.1, -0.05) is 66.2 Å². The summed E-state index contributed by atoms with van der Waals surface area (Å²) in [6, 6.07) is 23.2. The van der Waals surface area contributed by atoms with E-state index in [-0.39, 0.29) is 5.91 Å². The maximum atomic E-state index is 13.3. The van der Waals surface area contributed by atoms with Gasteiger partial charge in [-0.2, -0.15) is 0 Å². The molecule has 0 radical (unpaired) electrons. The second kappa shape index (κ2) is 7.00. The lowest BCUT2D eigenvalue weighted by Crippen LogP contribution is -2.16. The van der Waals surface area contributed by atoms with Gasteiger partial charge in [0.2, 0.25) is 0 Å². The molecule has 0 spiro atoms. The molecule has 0 saturated carbocycles. The van der Waals surface area contributed by atoms with Crippen molar-refractivity contribution in [1.82, 2.24) is 10.2 Å². The number of fused-ring (bicyclic) bond motifs is 1. The van der Waals surface area contributed by atoms with Gasteiger partial charge in [0, 0.05) is 16.6 Å². The summed E-state index contributed by atoms with van der Waals surface area (Å²) in [7, 11) is 0. The predicted octanol–water partition coefficient (Wildman–Crippen LogP) is 5.17. The standard InChI is InChI=1S/C23H19N3O/c1-15-12-13-19(16(2)14-15)24-23(27)21-18-10-6-7-11-20(18)25-26-22(21)17-8-4-3-5-9-17/h3-14H,1-2H3,(H,24,27). The predicted molar refractivity (Wildman–Crippen MR) is 109 cm³/mol. The average Bonchev–Trinajstić information content (AvgIpc) is 2.70. The minimum Gasteiger partial charge on any atom is -0.322 e. The first-order chi connectivity index (χ1) is 13.1. The fourth-order valence-corrected chi connectivity index (χ4v) is 3.22. The lowest BCUT2D eigenvalue weighted by molar-refractivity contribution is 0.102. The molecule has 0 bridgehead atoms. The van der Waals surface area contributed by atoms with Crippen LogP contribution < -0.4 is 5.32 Å². The summed E-state index contributed by atoms with van der Waals surface area (Å²) in [5.41, 5.74) is 5.65. The van der Waals surface area contributed by atoms with E-state index in [2.05, 4.69) is 21.6 Å². The normalized spacial score (nSPS) is 10.7. The van der Waals surface area contributed by atoms with E-state index in [9.17, 15) is 4.79 Å². The maximum Gasteiger partial charge on any atom is 0.258 e. The molecule has 0 aliphatic heterocycles. The Bertz CT molecular complexity index is 1140. The third-order valence-corrected chi connectivity index (χ3v) is 4.57. The van der Waals surface area contributed by atoms with Gasteiger partial charge >= 0.3 is 0 Å². The fourth-order valence-electron chi connectivity index (χ4n) is 3.22. The van der Waals surface area contributed by atoms with Crippen LogP contribution in [0.5, 0.6) is 0 Å². The van der Waals surface area contributed by atoms with E-state index in [1.165, 1.54) is 0 Å². The van der Waals surface area contributed by atoms with Crippen molar-refractivity contribution in [2.24, 2.45) is 0 Å². The molecule has 3 aromatic carbocycles. The van der Waals surface area contributed by atoms with Crippen molar-refractivity contribution in [3.63, 3.8) is 0 Å². The van der Waals surface area contributed by atoms with Crippen molar-refractivity contribution >= 4 is 22.5 Å². The SMILES string of the molecule is Cc1ccc(NC(=O)c2c(-c3ccccc3)nnc3ccccc23)c(C)c1. The zero-order valence-corrected chi connectivity index (χ0v) is 15.2. The van der Waals surface area contributed by atoms with E-state index >= 15 is 0 Å². The zero-order chi connectivity index (χ0) is 18.8. The number of nitrogens with one attached hydrogen (secondary N) is 1. The molecule has 1 N–H and O–H groups in total. The molecule has 0 atom stereocenters. The summed E-state index contributed by atoms with van der Waals surface area (Å²) in [6.07, 6.45) is 0. The van der Waals surface area contributed by atoms with Crippen molar-refractivity contribution in [3.8, 4) is 11.3 Å². The number of hydrogen-bond acceptors (Lipinski definition) is 3. The molecular weight excluding hydrogens is 334 g/mol. The van der Waals surface area contributed by atoms with Crippen LogP contribution in [0.15, 0.2) is 72.8 Å². The van der Waals surface area contributed by atoms with E-state index < -0.39 is 0 Å². The number of aromatic nitrogens is 2. The molecular formula is C23H19N3O. The number of anilines is 1. The molecule has 1 heterocycles. The Morgan fingerprint density at radius 2 is 1.59 bits per heavy atom. The van der Waals surface area contributed by atoms with Crippen LogP contribution in [0.3, 0.4) is 0 Å². The van der Waals surface area contributed by atoms with Crippen LogP contribution in [0.2, 0.25) is 0 Å².